The highest BCUT2D eigenvalue weighted by Gasteiger charge is 2.22. The standard InChI is InChI=1S/C24H31N3OS.ClH/c1-7-17-8-13-20-21(16-17)29-23(25-20)27(15-14-26(5)6)22(28)18-9-11-19(12-10-18)24(2,3)4;/h8-13,16H,7,14-15H2,1-6H3;1H. The number of fused-ring (bicyclic) bond motifs is 1. The van der Waals surface area contributed by atoms with Crippen molar-refractivity contribution in [3.8, 4) is 0 Å². The van der Waals surface area contributed by atoms with Crippen LogP contribution in [-0.4, -0.2) is 43.0 Å². The van der Waals surface area contributed by atoms with Gasteiger partial charge in [-0.25, -0.2) is 4.98 Å². The molecule has 0 fully saturated rings. The minimum atomic E-state index is 0. The molecule has 162 valence electrons. The van der Waals surface area contributed by atoms with Crippen LogP contribution in [0.2, 0.25) is 0 Å². The average molecular weight is 446 g/mol. The SMILES string of the molecule is CCc1ccc2nc(N(CCN(C)C)C(=O)c3ccc(C(C)(C)C)cc3)sc2c1.Cl. The molecule has 0 spiro atoms. The number of aryl methyl sites for hydroxylation is 1. The summed E-state index contributed by atoms with van der Waals surface area (Å²) in [7, 11) is 4.04. The number of carbonyl (C=O) groups excluding carboxylic acids is 1. The first-order valence-electron chi connectivity index (χ1n) is 10.2. The van der Waals surface area contributed by atoms with E-state index in [-0.39, 0.29) is 23.7 Å². The third-order valence-electron chi connectivity index (χ3n) is 5.09. The number of aromatic nitrogens is 1. The number of likely N-dealkylation sites (N-methyl/N-ethyl adjacent to an activating group) is 1. The quantitative estimate of drug-likeness (QED) is 0.482. The van der Waals surface area contributed by atoms with E-state index in [9.17, 15) is 4.79 Å². The summed E-state index contributed by atoms with van der Waals surface area (Å²) in [5, 5.41) is 0.764. The van der Waals surface area contributed by atoms with Crippen molar-refractivity contribution in [2.45, 2.75) is 39.5 Å². The summed E-state index contributed by atoms with van der Waals surface area (Å²) >= 11 is 1.59. The largest absolute Gasteiger partial charge is 0.308 e. The Balaban J connectivity index is 0.00000320. The smallest absolute Gasteiger partial charge is 0.260 e. The normalized spacial score (nSPS) is 11.6. The first-order valence-corrected chi connectivity index (χ1v) is 11.0. The second kappa shape index (κ2) is 9.90. The lowest BCUT2D eigenvalue weighted by Crippen LogP contribution is -2.36. The van der Waals surface area contributed by atoms with Crippen molar-refractivity contribution in [2.75, 3.05) is 32.1 Å². The van der Waals surface area contributed by atoms with Crippen LogP contribution in [0.3, 0.4) is 0 Å². The number of carbonyl (C=O) groups is 1. The number of anilines is 1. The Morgan fingerprint density at radius 1 is 1.03 bits per heavy atom. The number of halogens is 1. The van der Waals surface area contributed by atoms with Gasteiger partial charge in [0.25, 0.3) is 5.91 Å². The van der Waals surface area contributed by atoms with E-state index in [1.54, 1.807) is 11.3 Å². The van der Waals surface area contributed by atoms with Crippen LogP contribution in [0.25, 0.3) is 10.2 Å². The minimum Gasteiger partial charge on any atom is -0.308 e. The van der Waals surface area contributed by atoms with E-state index in [1.165, 1.54) is 11.1 Å². The summed E-state index contributed by atoms with van der Waals surface area (Å²) < 4.78 is 1.13. The van der Waals surface area contributed by atoms with Crippen molar-refractivity contribution in [2.24, 2.45) is 0 Å². The lowest BCUT2D eigenvalue weighted by Gasteiger charge is -2.23. The molecule has 2 aromatic carbocycles. The first kappa shape index (κ1) is 24.3. The van der Waals surface area contributed by atoms with Crippen LogP contribution in [0.4, 0.5) is 5.13 Å². The lowest BCUT2D eigenvalue weighted by atomic mass is 9.86. The molecule has 4 nitrogen and oxygen atoms in total. The van der Waals surface area contributed by atoms with Gasteiger partial charge in [0.05, 0.1) is 10.2 Å². The second-order valence-electron chi connectivity index (χ2n) is 8.74. The first-order chi connectivity index (χ1) is 13.7. The van der Waals surface area contributed by atoms with Crippen molar-refractivity contribution >= 4 is 45.0 Å². The molecule has 6 heteroatoms. The van der Waals surface area contributed by atoms with Crippen LogP contribution in [0.15, 0.2) is 42.5 Å². The highest BCUT2D eigenvalue weighted by molar-refractivity contribution is 7.22. The summed E-state index contributed by atoms with van der Waals surface area (Å²) in [6, 6.07) is 14.3. The van der Waals surface area contributed by atoms with E-state index in [0.717, 1.165) is 28.3 Å². The molecule has 0 atom stereocenters. The predicted molar refractivity (Wildman–Crippen MR) is 132 cm³/mol. The molecule has 1 aromatic heterocycles. The van der Waals surface area contributed by atoms with Crippen LogP contribution in [0.1, 0.15) is 49.2 Å². The molecule has 0 saturated carbocycles. The van der Waals surface area contributed by atoms with Crippen LogP contribution in [-0.2, 0) is 11.8 Å². The fourth-order valence-corrected chi connectivity index (χ4v) is 4.20. The lowest BCUT2D eigenvalue weighted by molar-refractivity contribution is 0.0985. The zero-order valence-electron chi connectivity index (χ0n) is 18.7. The van der Waals surface area contributed by atoms with Gasteiger partial charge in [-0.15, -0.1) is 12.4 Å². The van der Waals surface area contributed by atoms with Gasteiger partial charge in [0.1, 0.15) is 0 Å². The van der Waals surface area contributed by atoms with E-state index >= 15 is 0 Å². The molecule has 0 aliphatic rings. The summed E-state index contributed by atoms with van der Waals surface area (Å²) in [4.78, 5) is 22.1. The maximum absolute atomic E-state index is 13.4. The van der Waals surface area contributed by atoms with E-state index in [1.807, 2.05) is 31.1 Å². The molecule has 30 heavy (non-hydrogen) atoms. The van der Waals surface area contributed by atoms with Crippen molar-refractivity contribution in [3.05, 3.63) is 59.2 Å². The van der Waals surface area contributed by atoms with Crippen LogP contribution in [0.5, 0.6) is 0 Å². The Labute approximate surface area is 190 Å². The molecule has 0 bridgehead atoms. The fourth-order valence-electron chi connectivity index (χ4n) is 3.14. The molecule has 3 rings (SSSR count). The van der Waals surface area contributed by atoms with Gasteiger partial charge in [-0.1, -0.05) is 57.2 Å². The van der Waals surface area contributed by atoms with Crippen LogP contribution < -0.4 is 4.90 Å². The van der Waals surface area contributed by atoms with E-state index in [2.05, 4.69) is 62.9 Å². The van der Waals surface area contributed by atoms with E-state index < -0.39 is 0 Å². The number of hydrogen-bond donors (Lipinski definition) is 0. The van der Waals surface area contributed by atoms with Gasteiger partial charge in [0, 0.05) is 18.7 Å². The van der Waals surface area contributed by atoms with Crippen LogP contribution >= 0.6 is 23.7 Å². The van der Waals surface area contributed by atoms with Gasteiger partial charge < -0.3 is 4.90 Å². The monoisotopic (exact) mass is 445 g/mol. The number of hydrogen-bond acceptors (Lipinski definition) is 4. The summed E-state index contributed by atoms with van der Waals surface area (Å²) in [5.41, 5.74) is 4.23. The van der Waals surface area contributed by atoms with Gasteiger partial charge in [0.2, 0.25) is 0 Å². The average Bonchev–Trinajstić information content (AvgIpc) is 3.09. The number of rotatable bonds is 6. The van der Waals surface area contributed by atoms with Crippen molar-refractivity contribution < 1.29 is 4.79 Å². The second-order valence-corrected chi connectivity index (χ2v) is 9.75. The van der Waals surface area contributed by atoms with Gasteiger partial charge in [-0.3, -0.25) is 9.69 Å². The predicted octanol–water partition coefficient (Wildman–Crippen LogP) is 5.79. The molecule has 1 heterocycles. The number of amides is 1. The van der Waals surface area contributed by atoms with Gasteiger partial charge in [-0.2, -0.15) is 0 Å². The zero-order valence-corrected chi connectivity index (χ0v) is 20.4. The van der Waals surface area contributed by atoms with Crippen molar-refractivity contribution in [1.82, 2.24) is 9.88 Å². The highest BCUT2D eigenvalue weighted by atomic mass is 35.5. The molecule has 0 aliphatic carbocycles. The molecule has 0 aliphatic heterocycles. The number of thiazole rings is 1. The summed E-state index contributed by atoms with van der Waals surface area (Å²) in [5.74, 6) is 0.00193. The third kappa shape index (κ3) is 5.60. The fraction of sp³-hybridized carbons (Fsp3) is 0.417. The van der Waals surface area contributed by atoms with E-state index in [4.69, 9.17) is 4.98 Å². The Hall–Kier alpha value is -1.95. The number of benzene rings is 2. The molecule has 0 radical (unpaired) electrons. The Bertz CT molecular complexity index is 990. The maximum atomic E-state index is 13.4. The molecular formula is C24H32ClN3OS. The van der Waals surface area contributed by atoms with Crippen molar-refractivity contribution in [3.63, 3.8) is 0 Å². The Kier molecular flexibility index (Phi) is 8.03. The highest BCUT2D eigenvalue weighted by Crippen LogP contribution is 2.31. The molecule has 1 amide bonds. The summed E-state index contributed by atoms with van der Waals surface area (Å²) in [6.07, 6.45) is 0.993. The Morgan fingerprint density at radius 2 is 1.70 bits per heavy atom. The zero-order chi connectivity index (χ0) is 21.2. The van der Waals surface area contributed by atoms with Gasteiger partial charge in [0.15, 0.2) is 5.13 Å². The molecule has 0 N–H and O–H groups in total. The number of nitrogens with zero attached hydrogens (tertiary/aromatic N) is 3. The topological polar surface area (TPSA) is 36.4 Å². The third-order valence-corrected chi connectivity index (χ3v) is 6.14. The summed E-state index contributed by atoms with van der Waals surface area (Å²) in [6.45, 7) is 10.1. The maximum Gasteiger partial charge on any atom is 0.260 e. The minimum absolute atomic E-state index is 0. The van der Waals surface area contributed by atoms with E-state index in [0.29, 0.717) is 12.1 Å². The molecule has 0 unspecified atom stereocenters. The van der Waals surface area contributed by atoms with Gasteiger partial charge in [-0.05, 0) is 61.3 Å². The molecular weight excluding hydrogens is 414 g/mol. The molecule has 3 aromatic rings. The molecule has 0 saturated heterocycles. The Morgan fingerprint density at radius 3 is 2.27 bits per heavy atom. The van der Waals surface area contributed by atoms with Crippen LogP contribution in [0, 0.1) is 0 Å². The van der Waals surface area contributed by atoms with Crippen molar-refractivity contribution in [1.29, 1.82) is 0 Å². The van der Waals surface area contributed by atoms with Gasteiger partial charge >= 0.3 is 0 Å².